The number of nitrogens with one attached hydrogen (secondary N) is 1. The lowest BCUT2D eigenvalue weighted by atomic mass is 9.99. The van der Waals surface area contributed by atoms with Crippen molar-refractivity contribution >= 4 is 0 Å². The molecule has 0 spiro atoms. The van der Waals surface area contributed by atoms with Crippen LogP contribution in [0.4, 0.5) is 0 Å². The van der Waals surface area contributed by atoms with Crippen LogP contribution in [0.25, 0.3) is 0 Å². The maximum atomic E-state index is 5.92. The number of aromatic nitrogens is 2. The Balaban J connectivity index is 1.59. The number of hydrogen-bond donors (Lipinski definition) is 1. The molecule has 2 fully saturated rings. The van der Waals surface area contributed by atoms with Crippen molar-refractivity contribution in [3.8, 4) is 0 Å². The molecule has 4 nitrogen and oxygen atoms in total. The third-order valence-electron chi connectivity index (χ3n) is 4.09. The monoisotopic (exact) mass is 249 g/mol. The first kappa shape index (κ1) is 12.2. The molecule has 0 aromatic carbocycles. The van der Waals surface area contributed by atoms with Crippen LogP contribution in [0.3, 0.4) is 0 Å². The molecule has 4 heteroatoms. The highest BCUT2D eigenvalue weighted by Crippen LogP contribution is 2.34. The molecular weight excluding hydrogens is 226 g/mol. The Labute approximate surface area is 109 Å². The highest BCUT2D eigenvalue weighted by molar-refractivity contribution is 5.08. The second-order valence-corrected chi connectivity index (χ2v) is 5.51. The van der Waals surface area contributed by atoms with Crippen LogP contribution in [0, 0.1) is 11.8 Å². The lowest BCUT2D eigenvalue weighted by Gasteiger charge is -2.20. The summed E-state index contributed by atoms with van der Waals surface area (Å²) in [7, 11) is 0. The van der Waals surface area contributed by atoms with Gasteiger partial charge >= 0.3 is 0 Å². The summed E-state index contributed by atoms with van der Waals surface area (Å²) in [6, 6.07) is 2.10. The summed E-state index contributed by atoms with van der Waals surface area (Å²) in [5.41, 5.74) is 1.24. The van der Waals surface area contributed by atoms with Crippen LogP contribution in [0.15, 0.2) is 12.3 Å². The summed E-state index contributed by atoms with van der Waals surface area (Å²) >= 11 is 0. The summed E-state index contributed by atoms with van der Waals surface area (Å²) in [5.74, 6) is 1.55. The fraction of sp³-hybridized carbons (Fsp3) is 0.786. The van der Waals surface area contributed by atoms with Gasteiger partial charge < -0.3 is 10.1 Å². The average molecular weight is 249 g/mol. The normalized spacial score (nSPS) is 27.8. The highest BCUT2D eigenvalue weighted by atomic mass is 16.5. The summed E-state index contributed by atoms with van der Waals surface area (Å²) in [6.45, 7) is 6.21. The van der Waals surface area contributed by atoms with Gasteiger partial charge in [0.1, 0.15) is 6.10 Å². The van der Waals surface area contributed by atoms with Gasteiger partial charge in [-0.1, -0.05) is 0 Å². The van der Waals surface area contributed by atoms with E-state index in [0.717, 1.165) is 32.0 Å². The zero-order chi connectivity index (χ0) is 12.4. The lowest BCUT2D eigenvalue weighted by molar-refractivity contribution is 0.0830. The van der Waals surface area contributed by atoms with Gasteiger partial charge in [0.05, 0.1) is 5.69 Å². The fourth-order valence-electron chi connectivity index (χ4n) is 2.81. The van der Waals surface area contributed by atoms with Crippen LogP contribution in [-0.4, -0.2) is 29.5 Å². The van der Waals surface area contributed by atoms with Gasteiger partial charge in [0.2, 0.25) is 0 Å². The van der Waals surface area contributed by atoms with Gasteiger partial charge in [-0.15, -0.1) is 0 Å². The van der Waals surface area contributed by atoms with Gasteiger partial charge in [-0.05, 0) is 44.7 Å². The van der Waals surface area contributed by atoms with E-state index < -0.39 is 0 Å². The molecular formula is C14H23N3O. The Kier molecular flexibility index (Phi) is 3.66. The molecule has 2 aliphatic rings. The molecule has 3 rings (SSSR count). The molecule has 1 aliphatic carbocycles. The van der Waals surface area contributed by atoms with Gasteiger partial charge in [0.25, 0.3) is 0 Å². The van der Waals surface area contributed by atoms with E-state index in [-0.39, 0.29) is 6.10 Å². The molecule has 2 heterocycles. The molecule has 0 unspecified atom stereocenters. The van der Waals surface area contributed by atoms with E-state index in [2.05, 4.69) is 28.1 Å². The summed E-state index contributed by atoms with van der Waals surface area (Å²) in [4.78, 5) is 0. The zero-order valence-corrected chi connectivity index (χ0v) is 11.1. The molecule has 1 saturated carbocycles. The number of nitrogens with zero attached hydrogens (tertiary/aromatic N) is 2. The molecule has 18 heavy (non-hydrogen) atoms. The van der Waals surface area contributed by atoms with Gasteiger partial charge in [0, 0.05) is 31.8 Å². The first-order valence-corrected chi connectivity index (χ1v) is 7.22. The maximum absolute atomic E-state index is 5.92. The Morgan fingerprint density at radius 2 is 2.28 bits per heavy atom. The molecule has 0 amide bonds. The summed E-state index contributed by atoms with van der Waals surface area (Å²) < 4.78 is 7.98. The van der Waals surface area contributed by atoms with Gasteiger partial charge in [-0.25, -0.2) is 0 Å². The molecule has 100 valence electrons. The fourth-order valence-corrected chi connectivity index (χ4v) is 2.81. The Hall–Kier alpha value is -0.870. The van der Waals surface area contributed by atoms with E-state index in [4.69, 9.17) is 4.74 Å². The maximum Gasteiger partial charge on any atom is 0.103 e. The minimum absolute atomic E-state index is 0.235. The Morgan fingerprint density at radius 3 is 3.06 bits per heavy atom. The van der Waals surface area contributed by atoms with Gasteiger partial charge in [0.15, 0.2) is 0 Å². The van der Waals surface area contributed by atoms with Crippen molar-refractivity contribution in [1.82, 2.24) is 15.1 Å². The van der Waals surface area contributed by atoms with Crippen LogP contribution in [0.1, 0.15) is 38.0 Å². The molecule has 1 aliphatic heterocycles. The first-order chi connectivity index (χ1) is 8.88. The van der Waals surface area contributed by atoms with E-state index >= 15 is 0 Å². The number of rotatable bonds is 6. The molecule has 2 atom stereocenters. The van der Waals surface area contributed by atoms with E-state index in [1.165, 1.54) is 25.1 Å². The Bertz CT molecular complexity index is 386. The molecule has 1 saturated heterocycles. The predicted octanol–water partition coefficient (Wildman–Crippen LogP) is 1.98. The van der Waals surface area contributed by atoms with Crippen molar-refractivity contribution in [2.45, 2.75) is 38.8 Å². The lowest BCUT2D eigenvalue weighted by Crippen LogP contribution is -2.27. The predicted molar refractivity (Wildman–Crippen MR) is 70.3 cm³/mol. The molecule has 0 bridgehead atoms. The van der Waals surface area contributed by atoms with E-state index in [9.17, 15) is 0 Å². The minimum Gasteiger partial charge on any atom is -0.372 e. The molecule has 1 aromatic rings. The van der Waals surface area contributed by atoms with Crippen LogP contribution >= 0.6 is 0 Å². The van der Waals surface area contributed by atoms with Crippen molar-refractivity contribution in [3.05, 3.63) is 18.0 Å². The van der Waals surface area contributed by atoms with Crippen LogP contribution in [-0.2, 0) is 11.3 Å². The SMILES string of the molecule is CCn1nccc1[C@@H]1OCC[C@H]1CNCC1CC1. The summed E-state index contributed by atoms with van der Waals surface area (Å²) in [6.07, 6.45) is 6.12. The third kappa shape index (κ3) is 2.59. The quantitative estimate of drug-likeness (QED) is 0.838. The standard InChI is InChI=1S/C14H23N3O/c1-2-17-13(5-7-16-17)14-12(6-8-18-14)10-15-9-11-3-4-11/h5,7,11-12,14-15H,2-4,6,8-10H2,1H3/t12-,14+/m0/s1. The number of aryl methyl sites for hydroxylation is 1. The van der Waals surface area contributed by atoms with Crippen molar-refractivity contribution in [3.63, 3.8) is 0 Å². The van der Waals surface area contributed by atoms with Crippen LogP contribution in [0.5, 0.6) is 0 Å². The molecule has 1 aromatic heterocycles. The van der Waals surface area contributed by atoms with Crippen molar-refractivity contribution in [1.29, 1.82) is 0 Å². The third-order valence-corrected chi connectivity index (χ3v) is 4.09. The highest BCUT2D eigenvalue weighted by Gasteiger charge is 2.32. The second kappa shape index (κ2) is 5.41. The van der Waals surface area contributed by atoms with E-state index in [0.29, 0.717) is 5.92 Å². The zero-order valence-electron chi connectivity index (χ0n) is 11.1. The van der Waals surface area contributed by atoms with Crippen LogP contribution < -0.4 is 5.32 Å². The first-order valence-electron chi connectivity index (χ1n) is 7.22. The average Bonchev–Trinajstić information content (AvgIpc) is 2.92. The second-order valence-electron chi connectivity index (χ2n) is 5.51. The topological polar surface area (TPSA) is 39.1 Å². The Morgan fingerprint density at radius 1 is 1.39 bits per heavy atom. The van der Waals surface area contributed by atoms with Crippen molar-refractivity contribution in [2.75, 3.05) is 19.7 Å². The van der Waals surface area contributed by atoms with Crippen molar-refractivity contribution in [2.24, 2.45) is 11.8 Å². The number of ether oxygens (including phenoxy) is 1. The van der Waals surface area contributed by atoms with E-state index in [1.54, 1.807) is 0 Å². The smallest absolute Gasteiger partial charge is 0.103 e. The largest absolute Gasteiger partial charge is 0.372 e. The number of hydrogen-bond acceptors (Lipinski definition) is 3. The summed E-state index contributed by atoms with van der Waals surface area (Å²) in [5, 5.41) is 7.96. The molecule has 1 N–H and O–H groups in total. The van der Waals surface area contributed by atoms with Crippen molar-refractivity contribution < 1.29 is 4.74 Å². The van der Waals surface area contributed by atoms with E-state index in [1.807, 2.05) is 6.20 Å². The van der Waals surface area contributed by atoms with Gasteiger partial charge in [-0.3, -0.25) is 4.68 Å². The molecule has 0 radical (unpaired) electrons. The van der Waals surface area contributed by atoms with Gasteiger partial charge in [-0.2, -0.15) is 5.10 Å². The minimum atomic E-state index is 0.235. The van der Waals surface area contributed by atoms with Crippen LogP contribution in [0.2, 0.25) is 0 Å².